The molecule has 134 heavy (non-hydrogen) atoms. The highest BCUT2D eigenvalue weighted by Gasteiger charge is 2.48. The second-order valence-corrected chi connectivity index (χ2v) is 37.2. The molecule has 6 aliphatic rings. The Kier molecular flexibility index (Phi) is 41.0. The zero-order valence-corrected chi connectivity index (χ0v) is 78.5. The predicted octanol–water partition coefficient (Wildman–Crippen LogP) is -3.60. The van der Waals surface area contributed by atoms with E-state index in [1.807, 2.05) is 0 Å². The number of aliphatic carboxylic acids is 1. The molecule has 0 saturated carbocycles. The van der Waals surface area contributed by atoms with Crippen molar-refractivity contribution in [2.45, 2.75) is 301 Å². The van der Waals surface area contributed by atoms with E-state index in [4.69, 9.17) is 5.73 Å². The van der Waals surface area contributed by atoms with Gasteiger partial charge >= 0.3 is 5.97 Å². The highest BCUT2D eigenvalue weighted by atomic mass is 16.4. The Morgan fingerprint density at radius 2 is 0.776 bits per heavy atom. The highest BCUT2D eigenvalue weighted by molar-refractivity contribution is 6.02. The lowest BCUT2D eigenvalue weighted by Gasteiger charge is -2.33. The fraction of sp³-hybridized carbons (Fsp3) is 0.663. The van der Waals surface area contributed by atoms with Crippen LogP contribution in [0.1, 0.15) is 190 Å². The number of hydrogen-bond acceptors (Lipinski definition) is 23. The predicted molar refractivity (Wildman–Crippen MR) is 485 cm³/mol. The minimum Gasteiger partial charge on any atom is -0.480 e. The Bertz CT molecular complexity index is 4480. The third kappa shape index (κ3) is 29.4. The summed E-state index contributed by atoms with van der Waals surface area (Å²) in [5, 5.41) is 76.5. The molecule has 8 rings (SSSR count). The number of aliphatic hydroxyl groups excluding tert-OH is 3. The van der Waals surface area contributed by atoms with Gasteiger partial charge in [-0.15, -0.1) is 0 Å². The number of rotatable bonds is 47. The minimum atomic E-state index is -1.83. The van der Waals surface area contributed by atoms with Crippen molar-refractivity contribution in [3.05, 3.63) is 71.8 Å². The molecule has 0 aliphatic carbocycles. The average Bonchev–Trinajstić information content (AvgIpc) is 1.64. The van der Waals surface area contributed by atoms with Crippen molar-refractivity contribution in [2.24, 2.45) is 35.3 Å². The molecule has 19 N–H and O–H groups in total. The summed E-state index contributed by atoms with van der Waals surface area (Å²) in [5.74, 6) is -18.1. The molecule has 0 aromatic heterocycles. The van der Waals surface area contributed by atoms with Crippen LogP contribution in [0.15, 0.2) is 60.7 Å². The van der Waals surface area contributed by atoms with E-state index in [0.717, 1.165) is 6.42 Å². The first kappa shape index (κ1) is 108. The lowest BCUT2D eigenvalue weighted by atomic mass is 9.96. The van der Waals surface area contributed by atoms with Crippen molar-refractivity contribution in [2.75, 3.05) is 59.0 Å². The molecule has 6 heterocycles. The fourth-order valence-corrected chi connectivity index (χ4v) is 17.9. The van der Waals surface area contributed by atoms with Crippen LogP contribution in [0.4, 0.5) is 0 Å². The maximum Gasteiger partial charge on any atom is 0.326 e. The lowest BCUT2D eigenvalue weighted by Crippen LogP contribution is -2.63. The molecular formula is C92H139N19O23. The van der Waals surface area contributed by atoms with Gasteiger partial charge in [0.2, 0.25) is 106 Å². The number of nitrogens with zero attached hydrogens (tertiary/aromatic N) is 5. The molecule has 42 nitrogen and oxygen atoms in total. The molecule has 6 fully saturated rings. The van der Waals surface area contributed by atoms with Gasteiger partial charge in [-0.2, -0.15) is 0 Å². The summed E-state index contributed by atoms with van der Waals surface area (Å²) >= 11 is 0. The van der Waals surface area contributed by atoms with Gasteiger partial charge in [0.05, 0.1) is 31.9 Å². The normalized spacial score (nSPS) is 21.2. The van der Waals surface area contributed by atoms with Gasteiger partial charge in [0, 0.05) is 52.0 Å². The molecule has 6 aliphatic heterocycles. The first-order chi connectivity index (χ1) is 63.6. The van der Waals surface area contributed by atoms with E-state index >= 15 is 4.79 Å². The standard InChI is InChI=1S/C92H139N19O23/c1-12-53(10)74(86(127)97-59(43-49(2)3)76(117)100-63(48-113)78(119)101-62(47-112)77(118)98-60(44-55-25-15-13-16-26-55)89(130)109-40-22-32-66(109)80(121)96-58(92(133)134)35-36-69(93)115)105-81(122)65-31-20-38-107(65)70(116)46-95-79(120)64-30-21-39-108(64)90(131)61(45-56-27-17-14-18-28-56)99-87(128)75(54(11)114)106-85(126)73(52(8)9)104-84(125)72(51(6)7)103-83(124)71(50(4)5)102-82(123)67-33-23-41-110(67)91(132)68-34-24-42-111(68)88(129)57-29-19-37-94-57/h13-18,25-28,49-54,57-68,71-75,94,112-114H,12,19-24,29-48H2,1-11H3,(H2,93,115)(H,95,120)(H,96,121)(H,97,127)(H,98,118)(H,99,128)(H,100,117)(H,101,119)(H,102,123)(H,103,124)(H,104,125)(H,105,122)(H,106,126)(H,133,134)/t53-,54+,57-,58-,59-,60-,61-,62-,63-,64-,65-,66-,67-,68-,71-,72-,73-,74-,75-/m0/s1. The van der Waals surface area contributed by atoms with E-state index in [2.05, 4.69) is 69.1 Å². The molecular weight excluding hydrogens is 1740 g/mol. The third-order valence-electron chi connectivity index (χ3n) is 25.6. The quantitative estimate of drug-likeness (QED) is 0.0304. The first-order valence-corrected chi connectivity index (χ1v) is 46.9. The van der Waals surface area contributed by atoms with Crippen LogP contribution >= 0.6 is 0 Å². The second kappa shape index (κ2) is 51.1. The van der Waals surface area contributed by atoms with Crippen LogP contribution in [0.3, 0.4) is 0 Å². The summed E-state index contributed by atoms with van der Waals surface area (Å²) in [6.07, 6.45) is 2.36. The number of likely N-dealkylation sites (tertiary alicyclic amines) is 5. The van der Waals surface area contributed by atoms with Crippen molar-refractivity contribution in [3.8, 4) is 0 Å². The number of carboxylic acids is 1. The van der Waals surface area contributed by atoms with Crippen LogP contribution in [0.2, 0.25) is 0 Å². The van der Waals surface area contributed by atoms with Crippen LogP contribution in [-0.2, 0) is 104 Å². The fourth-order valence-electron chi connectivity index (χ4n) is 17.9. The van der Waals surface area contributed by atoms with Crippen molar-refractivity contribution < 1.29 is 112 Å². The van der Waals surface area contributed by atoms with Gasteiger partial charge in [-0.25, -0.2) is 4.79 Å². The number of aliphatic hydroxyl groups is 3. The van der Waals surface area contributed by atoms with E-state index in [9.17, 15) is 107 Å². The van der Waals surface area contributed by atoms with E-state index in [-0.39, 0.29) is 101 Å². The van der Waals surface area contributed by atoms with Gasteiger partial charge in [0.15, 0.2) is 0 Å². The Labute approximate surface area is 780 Å². The van der Waals surface area contributed by atoms with Crippen molar-refractivity contribution >= 4 is 112 Å². The second-order valence-electron chi connectivity index (χ2n) is 37.2. The molecule has 740 valence electrons. The topological polar surface area (TPSA) is 604 Å². The van der Waals surface area contributed by atoms with Gasteiger partial charge in [0.25, 0.3) is 0 Å². The van der Waals surface area contributed by atoms with Gasteiger partial charge < -0.3 is 120 Å². The monoisotopic (exact) mass is 1880 g/mol. The zero-order chi connectivity index (χ0) is 98.6. The largest absolute Gasteiger partial charge is 0.480 e. The molecule has 2 aromatic carbocycles. The van der Waals surface area contributed by atoms with Crippen LogP contribution in [0, 0.1) is 29.6 Å². The Morgan fingerprint density at radius 3 is 1.21 bits per heavy atom. The van der Waals surface area contributed by atoms with Gasteiger partial charge in [-0.05, 0) is 144 Å². The lowest BCUT2D eigenvalue weighted by molar-refractivity contribution is -0.147. The first-order valence-electron chi connectivity index (χ1n) is 46.9. The summed E-state index contributed by atoms with van der Waals surface area (Å²) in [7, 11) is 0. The molecule has 0 unspecified atom stereocenters. The Morgan fingerprint density at radius 1 is 0.403 bits per heavy atom. The third-order valence-corrected chi connectivity index (χ3v) is 25.6. The summed E-state index contributed by atoms with van der Waals surface area (Å²) in [6, 6.07) is -5.14. The molecule has 6 saturated heterocycles. The number of benzene rings is 2. The summed E-state index contributed by atoms with van der Waals surface area (Å²) in [4.78, 5) is 273. The minimum absolute atomic E-state index is 0.0129. The smallest absolute Gasteiger partial charge is 0.326 e. The maximum atomic E-state index is 15.0. The van der Waals surface area contributed by atoms with Crippen LogP contribution in [0.25, 0.3) is 0 Å². The number of hydrogen-bond donors (Lipinski definition) is 18. The molecule has 0 spiro atoms. The zero-order valence-electron chi connectivity index (χ0n) is 78.5. The van der Waals surface area contributed by atoms with Crippen LogP contribution in [-0.4, -0.2) is 325 Å². The molecule has 2 aromatic rings. The number of primary amides is 1. The number of carbonyl (C=O) groups excluding carboxylic acids is 18. The maximum absolute atomic E-state index is 15.0. The Balaban J connectivity index is 0.857. The number of carboxylic acid groups (broad SMARTS) is 1. The van der Waals surface area contributed by atoms with Gasteiger partial charge in [-0.3, -0.25) is 86.3 Å². The van der Waals surface area contributed by atoms with Crippen molar-refractivity contribution in [1.29, 1.82) is 0 Å². The summed E-state index contributed by atoms with van der Waals surface area (Å²) < 4.78 is 0. The molecule has 42 heteroatoms. The summed E-state index contributed by atoms with van der Waals surface area (Å²) in [5.41, 5.74) is 6.32. The summed E-state index contributed by atoms with van der Waals surface area (Å²) in [6.45, 7) is 16.8. The SMILES string of the molecule is CC[C@H](C)[C@H](NC(=O)[C@@H]1CCCN1C(=O)CNC(=O)[C@@H]1CCCN1C(=O)[C@H](Cc1ccccc1)NC(=O)[C@@H](NC(=O)[C@@H](NC(=O)[C@@H](NC(=O)[C@@H](NC(=O)[C@@H]1CCCN1C(=O)[C@@H]1CCCN1C(=O)[C@@H]1CCCN1)C(C)C)C(C)C)C(C)C)[C@@H](C)O)C(=O)N[C@@H](CC(C)C)C(=O)N[C@@H](CO)C(=O)N[C@@H](CO)C(=O)N[C@@H](Cc1ccccc1)C(=O)N1CCC[C@H]1C(=O)N[C@@H](CCC(N)=O)C(=O)O. The van der Waals surface area contributed by atoms with Gasteiger partial charge in [0.1, 0.15) is 96.7 Å². The van der Waals surface area contributed by atoms with Gasteiger partial charge in [-0.1, -0.05) is 136 Å². The van der Waals surface area contributed by atoms with E-state index in [1.165, 1.54) is 26.5 Å². The Hall–Kier alpha value is -11.8. The average molecular weight is 1880 g/mol. The van der Waals surface area contributed by atoms with Crippen LogP contribution in [0.5, 0.6) is 0 Å². The van der Waals surface area contributed by atoms with E-state index in [0.29, 0.717) is 82.0 Å². The molecule has 0 radical (unpaired) electrons. The number of nitrogens with two attached hydrogens (primary N) is 1. The van der Waals surface area contributed by atoms with Crippen LogP contribution < -0.4 is 74.9 Å². The molecule has 19 atom stereocenters. The van der Waals surface area contributed by atoms with E-state index in [1.54, 1.807) is 135 Å². The van der Waals surface area contributed by atoms with Crippen molar-refractivity contribution in [3.63, 3.8) is 0 Å². The van der Waals surface area contributed by atoms with E-state index < -0.39 is 247 Å². The molecule has 0 bridgehead atoms. The number of carbonyl (C=O) groups is 19. The number of amides is 18. The highest BCUT2D eigenvalue weighted by Crippen LogP contribution is 2.30. The molecule has 18 amide bonds. The number of nitrogens with one attached hydrogen (secondary N) is 13. The van der Waals surface area contributed by atoms with Crippen molar-refractivity contribution in [1.82, 2.24) is 93.6 Å².